The standard InChI is InChI=1S/C13H17NO3S/c1-10-8-11(9-18-10)12(15)14-4-2-13(3-5-14)16-6-7-17-13/h8-9H,2-7H2,1H3. The van der Waals surface area contributed by atoms with E-state index in [0.717, 1.165) is 18.4 Å². The van der Waals surface area contributed by atoms with Gasteiger partial charge in [0.15, 0.2) is 5.79 Å². The minimum Gasteiger partial charge on any atom is -0.347 e. The summed E-state index contributed by atoms with van der Waals surface area (Å²) in [7, 11) is 0. The molecule has 4 nitrogen and oxygen atoms in total. The van der Waals surface area contributed by atoms with Crippen molar-refractivity contribution in [3.8, 4) is 0 Å². The largest absolute Gasteiger partial charge is 0.347 e. The SMILES string of the molecule is Cc1cc(C(=O)N2CCC3(CC2)OCCO3)cs1. The fraction of sp³-hybridized carbons (Fsp3) is 0.615. The van der Waals surface area contributed by atoms with Gasteiger partial charge >= 0.3 is 0 Å². The normalized spacial score (nSPS) is 22.6. The van der Waals surface area contributed by atoms with E-state index in [0.29, 0.717) is 26.3 Å². The molecule has 2 saturated heterocycles. The van der Waals surface area contributed by atoms with Crippen molar-refractivity contribution in [2.75, 3.05) is 26.3 Å². The van der Waals surface area contributed by atoms with Gasteiger partial charge in [-0.3, -0.25) is 4.79 Å². The van der Waals surface area contributed by atoms with Gasteiger partial charge in [-0.05, 0) is 13.0 Å². The number of ether oxygens (including phenoxy) is 2. The average Bonchev–Trinajstić information content (AvgIpc) is 3.00. The summed E-state index contributed by atoms with van der Waals surface area (Å²) in [6, 6.07) is 1.96. The first kappa shape index (κ1) is 12.1. The second kappa shape index (κ2) is 4.64. The number of carbonyl (C=O) groups excluding carboxylic acids is 1. The second-order valence-corrected chi connectivity index (χ2v) is 5.96. The molecule has 0 unspecified atom stereocenters. The van der Waals surface area contributed by atoms with Crippen molar-refractivity contribution in [2.45, 2.75) is 25.6 Å². The highest BCUT2D eigenvalue weighted by Gasteiger charge is 2.40. The number of nitrogens with zero attached hydrogens (tertiary/aromatic N) is 1. The highest BCUT2D eigenvalue weighted by molar-refractivity contribution is 7.10. The first-order valence-corrected chi connectivity index (χ1v) is 7.19. The number of hydrogen-bond acceptors (Lipinski definition) is 4. The Morgan fingerprint density at radius 3 is 2.56 bits per heavy atom. The van der Waals surface area contributed by atoms with Gasteiger partial charge in [0.2, 0.25) is 0 Å². The third kappa shape index (κ3) is 2.18. The fourth-order valence-electron chi connectivity index (χ4n) is 2.57. The van der Waals surface area contributed by atoms with Gasteiger partial charge in [0.25, 0.3) is 5.91 Å². The Balaban J connectivity index is 1.64. The third-order valence-electron chi connectivity index (χ3n) is 3.60. The lowest BCUT2D eigenvalue weighted by molar-refractivity contribution is -0.181. The summed E-state index contributed by atoms with van der Waals surface area (Å²) in [4.78, 5) is 15.3. The van der Waals surface area contributed by atoms with Gasteiger partial charge in [-0.15, -0.1) is 11.3 Å². The first-order chi connectivity index (χ1) is 8.69. The van der Waals surface area contributed by atoms with Crippen molar-refractivity contribution in [1.29, 1.82) is 0 Å². The molecule has 1 amide bonds. The highest BCUT2D eigenvalue weighted by atomic mass is 32.1. The molecule has 0 atom stereocenters. The van der Waals surface area contributed by atoms with Crippen LogP contribution < -0.4 is 0 Å². The number of rotatable bonds is 1. The predicted molar refractivity (Wildman–Crippen MR) is 68.8 cm³/mol. The van der Waals surface area contributed by atoms with E-state index < -0.39 is 5.79 Å². The van der Waals surface area contributed by atoms with E-state index in [-0.39, 0.29) is 5.91 Å². The lowest BCUT2D eigenvalue weighted by Crippen LogP contribution is -2.47. The van der Waals surface area contributed by atoms with E-state index in [2.05, 4.69) is 0 Å². The smallest absolute Gasteiger partial charge is 0.254 e. The molecule has 1 aromatic heterocycles. The van der Waals surface area contributed by atoms with Gasteiger partial charge in [-0.2, -0.15) is 0 Å². The van der Waals surface area contributed by atoms with Crippen molar-refractivity contribution in [2.24, 2.45) is 0 Å². The number of hydrogen-bond donors (Lipinski definition) is 0. The van der Waals surface area contributed by atoms with E-state index in [9.17, 15) is 4.79 Å². The van der Waals surface area contributed by atoms with Crippen LogP contribution in [0.2, 0.25) is 0 Å². The van der Waals surface area contributed by atoms with Gasteiger partial charge < -0.3 is 14.4 Å². The van der Waals surface area contributed by atoms with Gasteiger partial charge in [0, 0.05) is 36.2 Å². The molecule has 0 aromatic carbocycles. The topological polar surface area (TPSA) is 38.8 Å². The van der Waals surface area contributed by atoms with Gasteiger partial charge in [0.1, 0.15) is 0 Å². The molecule has 2 aliphatic rings. The van der Waals surface area contributed by atoms with Gasteiger partial charge in [-0.1, -0.05) is 0 Å². The van der Waals surface area contributed by atoms with Crippen LogP contribution in [0.15, 0.2) is 11.4 Å². The molecule has 1 aromatic rings. The summed E-state index contributed by atoms with van der Waals surface area (Å²) in [6.45, 7) is 4.81. The van der Waals surface area contributed by atoms with E-state index in [1.165, 1.54) is 4.88 Å². The first-order valence-electron chi connectivity index (χ1n) is 6.31. The van der Waals surface area contributed by atoms with Crippen LogP contribution in [0.25, 0.3) is 0 Å². The molecule has 0 saturated carbocycles. The van der Waals surface area contributed by atoms with Gasteiger partial charge in [-0.25, -0.2) is 0 Å². The third-order valence-corrected chi connectivity index (χ3v) is 4.46. The number of carbonyl (C=O) groups is 1. The average molecular weight is 267 g/mol. The summed E-state index contributed by atoms with van der Waals surface area (Å²) in [5, 5.41) is 1.94. The van der Waals surface area contributed by atoms with Crippen LogP contribution in [0, 0.1) is 6.92 Å². The maximum atomic E-state index is 12.3. The Morgan fingerprint density at radius 2 is 2.00 bits per heavy atom. The predicted octanol–water partition coefficient (Wildman–Crippen LogP) is 2.04. The summed E-state index contributed by atoms with van der Waals surface area (Å²) in [6.07, 6.45) is 1.56. The zero-order chi connectivity index (χ0) is 12.6. The van der Waals surface area contributed by atoms with E-state index >= 15 is 0 Å². The summed E-state index contributed by atoms with van der Waals surface area (Å²) in [5.74, 6) is -0.270. The molecule has 3 rings (SSSR count). The van der Waals surface area contributed by atoms with Crippen LogP contribution in [-0.2, 0) is 9.47 Å². The molecular formula is C13H17NO3S. The molecular weight excluding hydrogens is 250 g/mol. The Labute approximate surface area is 110 Å². The van der Waals surface area contributed by atoms with Gasteiger partial charge in [0.05, 0.1) is 18.8 Å². The van der Waals surface area contributed by atoms with Crippen molar-refractivity contribution >= 4 is 17.2 Å². The van der Waals surface area contributed by atoms with E-state index in [4.69, 9.17) is 9.47 Å². The molecule has 0 N–H and O–H groups in total. The Hall–Kier alpha value is -0.910. The monoisotopic (exact) mass is 267 g/mol. The number of aryl methyl sites for hydroxylation is 1. The summed E-state index contributed by atoms with van der Waals surface area (Å²) < 4.78 is 11.3. The van der Waals surface area contributed by atoms with Crippen LogP contribution in [0.1, 0.15) is 28.1 Å². The molecule has 2 fully saturated rings. The fourth-order valence-corrected chi connectivity index (χ4v) is 3.25. The van der Waals surface area contributed by atoms with E-state index in [1.807, 2.05) is 23.3 Å². The van der Waals surface area contributed by atoms with Crippen molar-refractivity contribution < 1.29 is 14.3 Å². The highest BCUT2D eigenvalue weighted by Crippen LogP contribution is 2.31. The molecule has 0 aliphatic carbocycles. The zero-order valence-corrected chi connectivity index (χ0v) is 11.3. The molecule has 1 spiro atoms. The van der Waals surface area contributed by atoms with Crippen molar-refractivity contribution in [1.82, 2.24) is 4.90 Å². The molecule has 98 valence electrons. The Kier molecular flexibility index (Phi) is 3.13. The number of thiophene rings is 1. The number of likely N-dealkylation sites (tertiary alicyclic amines) is 1. The minimum absolute atomic E-state index is 0.132. The van der Waals surface area contributed by atoms with E-state index in [1.54, 1.807) is 11.3 Å². The van der Waals surface area contributed by atoms with Crippen LogP contribution in [0.3, 0.4) is 0 Å². The minimum atomic E-state index is -0.401. The van der Waals surface area contributed by atoms with Crippen molar-refractivity contribution in [3.63, 3.8) is 0 Å². The van der Waals surface area contributed by atoms with Crippen LogP contribution in [0.5, 0.6) is 0 Å². The molecule has 18 heavy (non-hydrogen) atoms. The zero-order valence-electron chi connectivity index (χ0n) is 10.5. The lowest BCUT2D eigenvalue weighted by atomic mass is 10.0. The van der Waals surface area contributed by atoms with Crippen LogP contribution in [-0.4, -0.2) is 42.9 Å². The number of amides is 1. The Morgan fingerprint density at radius 1 is 1.33 bits per heavy atom. The lowest BCUT2D eigenvalue weighted by Gasteiger charge is -2.37. The van der Waals surface area contributed by atoms with Crippen molar-refractivity contribution in [3.05, 3.63) is 21.9 Å². The molecule has 2 aliphatic heterocycles. The number of piperidine rings is 1. The molecule has 3 heterocycles. The Bertz CT molecular complexity index is 441. The quantitative estimate of drug-likeness (QED) is 0.781. The summed E-state index contributed by atoms with van der Waals surface area (Å²) in [5.41, 5.74) is 0.807. The van der Waals surface area contributed by atoms with Crippen LogP contribution >= 0.6 is 11.3 Å². The van der Waals surface area contributed by atoms with Crippen LogP contribution in [0.4, 0.5) is 0 Å². The second-order valence-electron chi connectivity index (χ2n) is 4.85. The maximum absolute atomic E-state index is 12.3. The maximum Gasteiger partial charge on any atom is 0.254 e. The molecule has 0 bridgehead atoms. The molecule has 5 heteroatoms. The summed E-state index contributed by atoms with van der Waals surface area (Å²) >= 11 is 1.62. The molecule has 0 radical (unpaired) electrons.